The fraction of sp³-hybridized carbons (Fsp3) is 0.609. The molecule has 170 valence electrons. The molecule has 5 aliphatic heterocycles. The van der Waals surface area contributed by atoms with Crippen molar-refractivity contribution in [1.29, 1.82) is 0 Å². The summed E-state index contributed by atoms with van der Waals surface area (Å²) in [7, 11) is 1.72. The molecule has 0 bridgehead atoms. The van der Waals surface area contributed by atoms with Gasteiger partial charge in [-0.2, -0.15) is 0 Å². The van der Waals surface area contributed by atoms with Crippen LogP contribution in [0.3, 0.4) is 0 Å². The smallest absolute Gasteiger partial charge is 0.339 e. The highest BCUT2D eigenvalue weighted by Crippen LogP contribution is 2.53. The zero-order valence-electron chi connectivity index (χ0n) is 18.2. The number of nitrogens with one attached hydrogen (secondary N) is 1. The van der Waals surface area contributed by atoms with Gasteiger partial charge in [0, 0.05) is 56.6 Å². The minimum Gasteiger partial charge on any atom is -0.349 e. The number of rotatable bonds is 3. The van der Waals surface area contributed by atoms with E-state index in [4.69, 9.17) is 4.99 Å². The first kappa shape index (κ1) is 20.0. The van der Waals surface area contributed by atoms with Crippen LogP contribution in [0.25, 0.3) is 0 Å². The highest BCUT2D eigenvalue weighted by Gasteiger charge is 2.53. The number of hydrazine groups is 1. The van der Waals surface area contributed by atoms with Crippen LogP contribution < -0.4 is 5.43 Å². The van der Waals surface area contributed by atoms with Crippen molar-refractivity contribution in [3.05, 3.63) is 35.7 Å². The summed E-state index contributed by atoms with van der Waals surface area (Å²) < 4.78 is 13.2. The number of carbonyl (C=O) groups excluding carboxylic acids is 2. The van der Waals surface area contributed by atoms with Gasteiger partial charge in [-0.05, 0) is 43.3 Å². The summed E-state index contributed by atoms with van der Waals surface area (Å²) in [4.78, 5) is 36.0. The summed E-state index contributed by atoms with van der Waals surface area (Å²) in [6, 6.07) is -0.0742. The fourth-order valence-electron chi connectivity index (χ4n) is 5.93. The lowest BCUT2D eigenvalue weighted by Gasteiger charge is -2.42. The number of nitrogens with zero attached hydrogens (tertiary/aromatic N) is 5. The van der Waals surface area contributed by atoms with E-state index in [1.807, 2.05) is 12.3 Å². The first-order valence-corrected chi connectivity index (χ1v) is 11.6. The van der Waals surface area contributed by atoms with Crippen LogP contribution in [0.15, 0.2) is 40.7 Å². The van der Waals surface area contributed by atoms with E-state index in [9.17, 15) is 14.0 Å². The first-order chi connectivity index (χ1) is 15.5. The topological polar surface area (TPSA) is 71.5 Å². The highest BCUT2D eigenvalue weighted by atomic mass is 19.1. The van der Waals surface area contributed by atoms with E-state index in [1.54, 1.807) is 23.1 Å². The highest BCUT2D eigenvalue weighted by molar-refractivity contribution is 6.12. The quantitative estimate of drug-likeness (QED) is 0.725. The Hall–Kier alpha value is -2.68. The Balaban J connectivity index is 1.21. The van der Waals surface area contributed by atoms with Crippen LogP contribution >= 0.6 is 0 Å². The molecule has 5 unspecified atom stereocenters. The van der Waals surface area contributed by atoms with Crippen molar-refractivity contribution < 1.29 is 14.0 Å². The lowest BCUT2D eigenvalue weighted by Crippen LogP contribution is -2.48. The molecule has 6 aliphatic rings. The number of allylic oxidation sites excluding steroid dienone is 1. The van der Waals surface area contributed by atoms with Gasteiger partial charge in [-0.25, -0.2) is 10.2 Å². The molecule has 0 aromatic rings. The summed E-state index contributed by atoms with van der Waals surface area (Å²) in [5.41, 5.74) is 4.88. The molecule has 6 atom stereocenters. The van der Waals surface area contributed by atoms with Crippen LogP contribution in [0.5, 0.6) is 0 Å². The molecule has 5 heterocycles. The summed E-state index contributed by atoms with van der Waals surface area (Å²) in [5.74, 6) is 1.32. The molecular weight excluding hydrogens is 411 g/mol. The summed E-state index contributed by atoms with van der Waals surface area (Å²) >= 11 is 0. The molecule has 3 amide bonds. The van der Waals surface area contributed by atoms with Crippen molar-refractivity contribution >= 4 is 18.2 Å². The number of fused-ring (bicyclic) bond motifs is 4. The van der Waals surface area contributed by atoms with Crippen molar-refractivity contribution in [2.75, 3.05) is 33.4 Å². The number of carbonyl (C=O) groups is 2. The van der Waals surface area contributed by atoms with E-state index in [2.05, 4.69) is 22.5 Å². The third-order valence-corrected chi connectivity index (χ3v) is 7.78. The van der Waals surface area contributed by atoms with E-state index >= 15 is 0 Å². The molecular formula is C23H29FN6O2. The maximum absolute atomic E-state index is 13.2. The van der Waals surface area contributed by atoms with Crippen LogP contribution in [0.1, 0.15) is 19.3 Å². The van der Waals surface area contributed by atoms with Gasteiger partial charge in [-0.15, -0.1) is 0 Å². The maximum atomic E-state index is 13.2. The largest absolute Gasteiger partial charge is 0.349 e. The number of likely N-dealkylation sites (tertiary alicyclic amines) is 2. The van der Waals surface area contributed by atoms with Gasteiger partial charge in [0.05, 0.1) is 12.2 Å². The zero-order valence-corrected chi connectivity index (χ0v) is 18.2. The number of hydrogen-bond acceptors (Lipinski definition) is 5. The molecule has 32 heavy (non-hydrogen) atoms. The maximum Gasteiger partial charge on any atom is 0.339 e. The number of urea groups is 1. The Bertz CT molecular complexity index is 960. The van der Waals surface area contributed by atoms with E-state index < -0.39 is 0 Å². The van der Waals surface area contributed by atoms with Gasteiger partial charge < -0.3 is 9.80 Å². The standard InChI is InChI=1S/C23H29FN6O2/c1-27-23(32)29-6-4-17(9-20(29)26-27)30-13-16-8-18(16)19-7-15(11-25-21(19)30)22(31)28-5-2-3-14(10-24)12-28/h4,6-7,9,11,14,16,18-21,26H,2-3,5,8,10,12-13H2,1H3/t14-,16?,18?,19?,20?,21?/m1/s1. The Labute approximate surface area is 187 Å². The minimum atomic E-state index is -0.363. The predicted octanol–water partition coefficient (Wildman–Crippen LogP) is 1.71. The van der Waals surface area contributed by atoms with Crippen LogP contribution in [0.4, 0.5) is 9.18 Å². The molecule has 9 heteroatoms. The number of aliphatic imine (C=N–C) groups is 1. The van der Waals surface area contributed by atoms with Gasteiger partial charge in [0.1, 0.15) is 12.3 Å². The number of hydrogen-bond donors (Lipinski definition) is 1. The number of piperidine rings is 2. The molecule has 6 rings (SSSR count). The van der Waals surface area contributed by atoms with E-state index in [0.29, 0.717) is 30.5 Å². The molecule has 8 nitrogen and oxygen atoms in total. The molecule has 0 aromatic heterocycles. The summed E-state index contributed by atoms with van der Waals surface area (Å²) in [6.45, 7) is 1.78. The second kappa shape index (κ2) is 7.43. The molecule has 1 aliphatic carbocycles. The predicted molar refractivity (Wildman–Crippen MR) is 117 cm³/mol. The normalized spacial score (nSPS) is 37.6. The van der Waals surface area contributed by atoms with Gasteiger partial charge in [-0.1, -0.05) is 6.08 Å². The SMILES string of the molecule is CN1NC2C=C(N3CC4CC4C4C=C(C(=O)N5CCC[C@H](CF)C5)C=NC43)C=CN2C1=O. The summed E-state index contributed by atoms with van der Waals surface area (Å²) in [5, 5.41) is 1.50. The van der Waals surface area contributed by atoms with Gasteiger partial charge in [-0.3, -0.25) is 24.1 Å². The molecule has 0 radical (unpaired) electrons. The fourth-order valence-corrected chi connectivity index (χ4v) is 5.93. The van der Waals surface area contributed by atoms with E-state index in [1.165, 1.54) is 5.01 Å². The van der Waals surface area contributed by atoms with Crippen molar-refractivity contribution in [3.8, 4) is 0 Å². The van der Waals surface area contributed by atoms with Crippen molar-refractivity contribution in [2.24, 2.45) is 28.7 Å². The van der Waals surface area contributed by atoms with Crippen LogP contribution in [-0.4, -0.2) is 83.5 Å². The van der Waals surface area contributed by atoms with Gasteiger partial charge in [0.15, 0.2) is 0 Å². The minimum absolute atomic E-state index is 0.0104. The lowest BCUT2D eigenvalue weighted by atomic mass is 9.88. The average molecular weight is 441 g/mol. The molecule has 4 fully saturated rings. The van der Waals surface area contributed by atoms with Crippen molar-refractivity contribution in [1.82, 2.24) is 25.1 Å². The Morgan fingerprint density at radius 2 is 2.19 bits per heavy atom. The molecule has 0 aromatic carbocycles. The number of halogens is 1. The van der Waals surface area contributed by atoms with E-state index in [0.717, 1.165) is 31.5 Å². The number of amides is 3. The Morgan fingerprint density at radius 3 is 3.03 bits per heavy atom. The molecule has 1 saturated carbocycles. The van der Waals surface area contributed by atoms with Crippen LogP contribution in [0, 0.1) is 23.7 Å². The monoisotopic (exact) mass is 440 g/mol. The second-order valence-electron chi connectivity index (χ2n) is 9.85. The summed E-state index contributed by atoms with van der Waals surface area (Å²) in [6.07, 6.45) is 12.4. The average Bonchev–Trinajstić information content (AvgIpc) is 3.56. The first-order valence-electron chi connectivity index (χ1n) is 11.6. The lowest BCUT2D eigenvalue weighted by molar-refractivity contribution is -0.128. The molecule has 1 N–H and O–H groups in total. The Morgan fingerprint density at radius 1 is 1.31 bits per heavy atom. The van der Waals surface area contributed by atoms with Crippen LogP contribution in [0.2, 0.25) is 0 Å². The Kier molecular flexibility index (Phi) is 4.64. The van der Waals surface area contributed by atoms with Gasteiger partial charge >= 0.3 is 6.03 Å². The zero-order chi connectivity index (χ0) is 22.0. The molecule has 3 saturated heterocycles. The third kappa shape index (κ3) is 3.17. The van der Waals surface area contributed by atoms with Crippen molar-refractivity contribution in [3.63, 3.8) is 0 Å². The van der Waals surface area contributed by atoms with E-state index in [-0.39, 0.29) is 42.8 Å². The van der Waals surface area contributed by atoms with Gasteiger partial charge in [0.2, 0.25) is 0 Å². The number of dihydropyridines is 1. The second-order valence-corrected chi connectivity index (χ2v) is 9.85. The third-order valence-electron chi connectivity index (χ3n) is 7.78. The van der Waals surface area contributed by atoms with Crippen molar-refractivity contribution in [2.45, 2.75) is 31.6 Å². The van der Waals surface area contributed by atoms with Crippen LogP contribution in [-0.2, 0) is 4.79 Å². The number of alkyl halides is 1. The molecule has 0 spiro atoms. The van der Waals surface area contributed by atoms with Gasteiger partial charge in [0.25, 0.3) is 5.91 Å².